The van der Waals surface area contributed by atoms with E-state index in [2.05, 4.69) is 5.32 Å². The fourth-order valence-corrected chi connectivity index (χ4v) is 2.69. The van der Waals surface area contributed by atoms with Gasteiger partial charge in [-0.05, 0) is 25.0 Å². The van der Waals surface area contributed by atoms with Crippen molar-refractivity contribution in [3.8, 4) is 0 Å². The SMILES string of the molecule is O=C(O)C1CCCC1Nc1cccc(Cl)c1[N+](=O)[O-]. The van der Waals surface area contributed by atoms with Gasteiger partial charge in [-0.2, -0.15) is 0 Å². The molecule has 2 rings (SSSR count). The number of halogens is 1. The highest BCUT2D eigenvalue weighted by Gasteiger charge is 2.34. The first kappa shape index (κ1) is 13.6. The van der Waals surface area contributed by atoms with E-state index in [1.165, 1.54) is 6.07 Å². The van der Waals surface area contributed by atoms with Crippen molar-refractivity contribution in [3.63, 3.8) is 0 Å². The quantitative estimate of drug-likeness (QED) is 0.655. The number of carbonyl (C=O) groups is 1. The van der Waals surface area contributed by atoms with Crippen molar-refractivity contribution in [2.75, 3.05) is 5.32 Å². The Kier molecular flexibility index (Phi) is 3.90. The van der Waals surface area contributed by atoms with Gasteiger partial charge in [0, 0.05) is 6.04 Å². The first-order valence-electron chi connectivity index (χ1n) is 5.93. The molecule has 1 aliphatic carbocycles. The zero-order chi connectivity index (χ0) is 14.0. The highest BCUT2D eigenvalue weighted by atomic mass is 35.5. The van der Waals surface area contributed by atoms with Gasteiger partial charge in [0.25, 0.3) is 0 Å². The van der Waals surface area contributed by atoms with Crippen LogP contribution in [0.1, 0.15) is 19.3 Å². The molecule has 6 nitrogen and oxygen atoms in total. The maximum absolute atomic E-state index is 11.1. The van der Waals surface area contributed by atoms with Crippen LogP contribution in [0.15, 0.2) is 18.2 Å². The van der Waals surface area contributed by atoms with Crippen LogP contribution in [0.3, 0.4) is 0 Å². The Labute approximate surface area is 114 Å². The van der Waals surface area contributed by atoms with Crippen molar-refractivity contribution >= 4 is 28.9 Å². The van der Waals surface area contributed by atoms with Crippen molar-refractivity contribution in [2.45, 2.75) is 25.3 Å². The van der Waals surface area contributed by atoms with Gasteiger partial charge < -0.3 is 10.4 Å². The number of hydrogen-bond acceptors (Lipinski definition) is 4. The zero-order valence-corrected chi connectivity index (χ0v) is 10.8. The lowest BCUT2D eigenvalue weighted by atomic mass is 10.0. The number of nitrogens with one attached hydrogen (secondary N) is 1. The molecule has 0 saturated heterocycles. The van der Waals surface area contributed by atoms with Gasteiger partial charge >= 0.3 is 11.7 Å². The monoisotopic (exact) mass is 284 g/mol. The Morgan fingerprint density at radius 1 is 1.47 bits per heavy atom. The molecule has 0 heterocycles. The number of carboxylic acid groups (broad SMARTS) is 1. The van der Waals surface area contributed by atoms with Gasteiger partial charge in [0.15, 0.2) is 0 Å². The van der Waals surface area contributed by atoms with Crippen molar-refractivity contribution in [3.05, 3.63) is 33.3 Å². The maximum Gasteiger partial charge on any atom is 0.310 e. The molecule has 0 aromatic heterocycles. The van der Waals surface area contributed by atoms with Crippen molar-refractivity contribution in [1.82, 2.24) is 0 Å². The largest absolute Gasteiger partial charge is 0.481 e. The highest BCUT2D eigenvalue weighted by molar-refractivity contribution is 6.33. The Bertz CT molecular complexity index is 520. The molecule has 1 fully saturated rings. The third-order valence-corrected chi connectivity index (χ3v) is 3.65. The Balaban J connectivity index is 2.26. The number of para-hydroxylation sites is 1. The van der Waals surface area contributed by atoms with Crippen LogP contribution in [-0.2, 0) is 4.79 Å². The fraction of sp³-hybridized carbons (Fsp3) is 0.417. The Morgan fingerprint density at radius 3 is 2.84 bits per heavy atom. The second kappa shape index (κ2) is 5.44. The Hall–Kier alpha value is -1.82. The first-order valence-corrected chi connectivity index (χ1v) is 6.30. The van der Waals surface area contributed by atoms with Crippen LogP contribution < -0.4 is 5.32 Å². The average Bonchev–Trinajstić information content (AvgIpc) is 2.76. The van der Waals surface area contributed by atoms with Crippen molar-refractivity contribution in [2.24, 2.45) is 5.92 Å². The average molecular weight is 285 g/mol. The molecule has 0 spiro atoms. The molecule has 7 heteroatoms. The van der Waals surface area contributed by atoms with E-state index in [4.69, 9.17) is 16.7 Å². The lowest BCUT2D eigenvalue weighted by molar-refractivity contribution is -0.383. The number of aliphatic carboxylic acids is 1. The summed E-state index contributed by atoms with van der Waals surface area (Å²) in [5, 5.41) is 23.1. The molecule has 1 aromatic carbocycles. The predicted molar refractivity (Wildman–Crippen MR) is 70.5 cm³/mol. The van der Waals surface area contributed by atoms with Gasteiger partial charge in [0.2, 0.25) is 0 Å². The minimum absolute atomic E-state index is 0.0415. The molecule has 102 valence electrons. The van der Waals surface area contributed by atoms with Gasteiger partial charge in [0.05, 0.1) is 10.8 Å². The van der Waals surface area contributed by atoms with Crippen molar-refractivity contribution < 1.29 is 14.8 Å². The second-order valence-electron chi connectivity index (χ2n) is 4.52. The summed E-state index contributed by atoms with van der Waals surface area (Å²) in [6.45, 7) is 0. The number of nitro benzene ring substituents is 1. The molecule has 1 saturated carbocycles. The number of nitro groups is 1. The summed E-state index contributed by atoms with van der Waals surface area (Å²) in [6.07, 6.45) is 2.06. The fourth-order valence-electron chi connectivity index (χ4n) is 2.45. The molecule has 19 heavy (non-hydrogen) atoms. The van der Waals surface area contributed by atoms with Gasteiger partial charge in [-0.3, -0.25) is 14.9 Å². The number of rotatable bonds is 4. The van der Waals surface area contributed by atoms with Crippen LogP contribution >= 0.6 is 11.6 Å². The van der Waals surface area contributed by atoms with Crippen LogP contribution in [0, 0.1) is 16.0 Å². The Morgan fingerprint density at radius 2 is 2.21 bits per heavy atom. The number of hydrogen-bond donors (Lipinski definition) is 2. The van der Waals surface area contributed by atoms with Crippen LogP contribution in [0.4, 0.5) is 11.4 Å². The molecular weight excluding hydrogens is 272 g/mol. The second-order valence-corrected chi connectivity index (χ2v) is 4.93. The topological polar surface area (TPSA) is 92.5 Å². The molecule has 0 aliphatic heterocycles. The molecule has 2 N–H and O–H groups in total. The summed E-state index contributed by atoms with van der Waals surface area (Å²) in [7, 11) is 0. The standard InChI is InChI=1S/C12H13ClN2O4/c13-8-4-2-6-10(11(8)15(18)19)14-9-5-1-3-7(9)12(16)17/h2,4,6-7,9,14H,1,3,5H2,(H,16,17). The van der Waals surface area contributed by atoms with Gasteiger partial charge in [-0.15, -0.1) is 0 Å². The maximum atomic E-state index is 11.1. The number of anilines is 1. The number of carboxylic acids is 1. The number of nitrogens with zero attached hydrogens (tertiary/aromatic N) is 1. The smallest absolute Gasteiger partial charge is 0.310 e. The van der Waals surface area contributed by atoms with Gasteiger partial charge in [0.1, 0.15) is 10.7 Å². The molecule has 2 atom stereocenters. The van der Waals surface area contributed by atoms with E-state index in [-0.39, 0.29) is 22.4 Å². The van der Waals surface area contributed by atoms with Gasteiger partial charge in [-0.1, -0.05) is 24.1 Å². The molecule has 0 radical (unpaired) electrons. The zero-order valence-electron chi connectivity index (χ0n) is 10.0. The van der Waals surface area contributed by atoms with Crippen molar-refractivity contribution in [1.29, 1.82) is 0 Å². The van der Waals surface area contributed by atoms with E-state index >= 15 is 0 Å². The van der Waals surface area contributed by atoms with E-state index in [9.17, 15) is 14.9 Å². The van der Waals surface area contributed by atoms with E-state index in [0.29, 0.717) is 12.8 Å². The van der Waals surface area contributed by atoms with Crippen LogP contribution in [0.5, 0.6) is 0 Å². The summed E-state index contributed by atoms with van der Waals surface area (Å²) < 4.78 is 0. The van der Waals surface area contributed by atoms with E-state index in [0.717, 1.165) is 6.42 Å². The molecular formula is C12H13ClN2O4. The molecule has 0 bridgehead atoms. The van der Waals surface area contributed by atoms with Crippen LogP contribution in [-0.4, -0.2) is 22.0 Å². The third-order valence-electron chi connectivity index (χ3n) is 3.34. The third kappa shape index (κ3) is 2.78. The highest BCUT2D eigenvalue weighted by Crippen LogP contribution is 2.36. The van der Waals surface area contributed by atoms with Gasteiger partial charge in [-0.25, -0.2) is 0 Å². The van der Waals surface area contributed by atoms with E-state index in [1.807, 2.05) is 0 Å². The first-order chi connectivity index (χ1) is 9.00. The summed E-state index contributed by atoms with van der Waals surface area (Å²) in [5.74, 6) is -1.39. The molecule has 1 aliphatic rings. The normalized spacial score (nSPS) is 22.2. The van der Waals surface area contributed by atoms with E-state index < -0.39 is 16.8 Å². The van der Waals surface area contributed by atoms with Crippen LogP contribution in [0.25, 0.3) is 0 Å². The molecule has 1 aromatic rings. The molecule has 0 amide bonds. The number of benzene rings is 1. The summed E-state index contributed by atoms with van der Waals surface area (Å²) >= 11 is 5.81. The summed E-state index contributed by atoms with van der Waals surface area (Å²) in [4.78, 5) is 21.5. The van der Waals surface area contributed by atoms with E-state index in [1.54, 1.807) is 12.1 Å². The summed E-state index contributed by atoms with van der Waals surface area (Å²) in [6, 6.07) is 4.28. The summed E-state index contributed by atoms with van der Waals surface area (Å²) in [5.41, 5.74) is 0.0656. The predicted octanol–water partition coefficient (Wildman–Crippen LogP) is 2.91. The minimum atomic E-state index is -0.875. The lowest BCUT2D eigenvalue weighted by Crippen LogP contribution is -2.30. The molecule has 2 unspecified atom stereocenters. The van der Waals surface area contributed by atoms with Crippen LogP contribution in [0.2, 0.25) is 5.02 Å². The minimum Gasteiger partial charge on any atom is -0.481 e. The lowest BCUT2D eigenvalue weighted by Gasteiger charge is -2.18.